The van der Waals surface area contributed by atoms with Crippen molar-refractivity contribution in [3.63, 3.8) is 0 Å². The molecule has 3 rings (SSSR count). The fourth-order valence-corrected chi connectivity index (χ4v) is 3.45. The maximum atomic E-state index is 12.1. The van der Waals surface area contributed by atoms with Crippen LogP contribution in [0.4, 0.5) is 0 Å². The molecule has 1 heterocycles. The van der Waals surface area contributed by atoms with E-state index in [2.05, 4.69) is 26.1 Å². The highest BCUT2D eigenvalue weighted by atomic mass is 79.9. The fraction of sp³-hybridized carbons (Fsp3) is 0.118. The first-order chi connectivity index (χ1) is 12.0. The Morgan fingerprint density at radius 1 is 1.28 bits per heavy atom. The Morgan fingerprint density at radius 2 is 2.04 bits per heavy atom. The Kier molecular flexibility index (Phi) is 5.78. The second kappa shape index (κ2) is 8.03. The largest absolute Gasteiger partial charge is 0.424 e. The number of halogens is 2. The van der Waals surface area contributed by atoms with Crippen LogP contribution in [0.1, 0.15) is 5.56 Å². The molecule has 0 aliphatic rings. The molecule has 8 heteroatoms. The van der Waals surface area contributed by atoms with E-state index in [1.807, 2.05) is 35.8 Å². The first-order valence-electron chi connectivity index (χ1n) is 7.28. The van der Waals surface area contributed by atoms with E-state index < -0.39 is 5.97 Å². The lowest BCUT2D eigenvalue weighted by molar-refractivity contribution is -0.131. The number of thioether (sulfide) groups is 1. The summed E-state index contributed by atoms with van der Waals surface area (Å²) in [5.41, 5.74) is 2.10. The number of carbonyl (C=O) groups excluding carboxylic acids is 1. The zero-order valence-electron chi connectivity index (χ0n) is 13.1. The summed E-state index contributed by atoms with van der Waals surface area (Å²) in [7, 11) is 0. The first kappa shape index (κ1) is 18.0. The van der Waals surface area contributed by atoms with Gasteiger partial charge in [0.1, 0.15) is 12.1 Å². The topological polar surface area (TPSA) is 57.0 Å². The van der Waals surface area contributed by atoms with Crippen LogP contribution in [0.2, 0.25) is 5.02 Å². The number of nitrogens with zero attached hydrogens (tertiary/aromatic N) is 3. The molecule has 128 valence electrons. The minimum absolute atomic E-state index is 0.0942. The molecule has 25 heavy (non-hydrogen) atoms. The minimum atomic E-state index is -0.410. The van der Waals surface area contributed by atoms with Gasteiger partial charge in [-0.2, -0.15) is 0 Å². The number of carbonyl (C=O) groups is 1. The molecule has 0 atom stereocenters. The van der Waals surface area contributed by atoms with E-state index in [4.69, 9.17) is 16.3 Å². The highest BCUT2D eigenvalue weighted by molar-refractivity contribution is 9.10. The molecule has 0 spiro atoms. The van der Waals surface area contributed by atoms with Gasteiger partial charge in [0.15, 0.2) is 5.16 Å². The van der Waals surface area contributed by atoms with Crippen molar-refractivity contribution in [3.8, 4) is 11.4 Å². The van der Waals surface area contributed by atoms with Crippen LogP contribution < -0.4 is 4.74 Å². The normalized spacial score (nSPS) is 10.7. The standard InChI is InChI=1S/C17H13BrClN3O2S/c1-11-2-5-13(6-3-11)22-10-20-21-17(22)25-9-16(23)24-15-7-4-12(18)8-14(15)19/h2-8,10H,9H2,1H3. The monoisotopic (exact) mass is 437 g/mol. The quantitative estimate of drug-likeness (QED) is 0.329. The van der Waals surface area contributed by atoms with Gasteiger partial charge in [-0.3, -0.25) is 9.36 Å². The van der Waals surface area contributed by atoms with E-state index in [0.717, 1.165) is 10.2 Å². The number of aryl methyl sites for hydroxylation is 1. The molecule has 3 aromatic rings. The van der Waals surface area contributed by atoms with Crippen LogP contribution in [0.15, 0.2) is 58.4 Å². The highest BCUT2D eigenvalue weighted by Gasteiger charge is 2.13. The maximum Gasteiger partial charge on any atom is 0.321 e. The number of rotatable bonds is 5. The van der Waals surface area contributed by atoms with E-state index >= 15 is 0 Å². The van der Waals surface area contributed by atoms with E-state index in [-0.39, 0.29) is 5.75 Å². The van der Waals surface area contributed by atoms with Crippen LogP contribution in [0.5, 0.6) is 5.75 Å². The van der Waals surface area contributed by atoms with E-state index in [1.165, 1.54) is 17.3 Å². The lowest BCUT2D eigenvalue weighted by Crippen LogP contribution is -2.11. The van der Waals surface area contributed by atoms with Gasteiger partial charge in [-0.15, -0.1) is 10.2 Å². The molecule has 0 saturated heterocycles. The van der Waals surface area contributed by atoms with Crippen LogP contribution in [0, 0.1) is 6.92 Å². The second-order valence-electron chi connectivity index (χ2n) is 5.16. The zero-order valence-corrected chi connectivity index (χ0v) is 16.3. The molecule has 0 N–H and O–H groups in total. The summed E-state index contributed by atoms with van der Waals surface area (Å²) in [4.78, 5) is 12.1. The van der Waals surface area contributed by atoms with Gasteiger partial charge >= 0.3 is 5.97 Å². The summed E-state index contributed by atoms with van der Waals surface area (Å²) in [6.07, 6.45) is 1.62. The predicted octanol–water partition coefficient (Wildman–Crippen LogP) is 4.69. The molecule has 0 aliphatic carbocycles. The van der Waals surface area contributed by atoms with Crippen molar-refractivity contribution in [3.05, 3.63) is 63.9 Å². The molecule has 5 nitrogen and oxygen atoms in total. The highest BCUT2D eigenvalue weighted by Crippen LogP contribution is 2.28. The SMILES string of the molecule is Cc1ccc(-n2cnnc2SCC(=O)Oc2ccc(Br)cc2Cl)cc1. The Hall–Kier alpha value is -1.83. The third-order valence-electron chi connectivity index (χ3n) is 3.27. The molecule has 2 aromatic carbocycles. The Labute approximate surface area is 162 Å². The van der Waals surface area contributed by atoms with Crippen molar-refractivity contribution in [2.75, 3.05) is 5.75 Å². The van der Waals surface area contributed by atoms with Gasteiger partial charge < -0.3 is 4.74 Å². The summed E-state index contributed by atoms with van der Waals surface area (Å²) < 4.78 is 7.93. The zero-order chi connectivity index (χ0) is 17.8. The first-order valence-corrected chi connectivity index (χ1v) is 9.44. The van der Waals surface area contributed by atoms with Crippen molar-refractivity contribution in [2.45, 2.75) is 12.1 Å². The molecule has 0 radical (unpaired) electrons. The number of hydrogen-bond acceptors (Lipinski definition) is 5. The number of hydrogen-bond donors (Lipinski definition) is 0. The average molecular weight is 439 g/mol. The molecule has 0 bridgehead atoms. The number of esters is 1. The van der Waals surface area contributed by atoms with Gasteiger partial charge in [0.05, 0.1) is 10.8 Å². The Balaban J connectivity index is 1.65. The summed E-state index contributed by atoms with van der Waals surface area (Å²) in [5.74, 6) is 0.0138. The van der Waals surface area contributed by atoms with Crippen LogP contribution in [-0.2, 0) is 4.79 Å². The van der Waals surface area contributed by atoms with Crippen molar-refractivity contribution < 1.29 is 9.53 Å². The van der Waals surface area contributed by atoms with E-state index in [9.17, 15) is 4.79 Å². The van der Waals surface area contributed by atoms with E-state index in [0.29, 0.717) is 15.9 Å². The summed E-state index contributed by atoms with van der Waals surface area (Å²) in [6.45, 7) is 2.02. The van der Waals surface area contributed by atoms with Crippen molar-refractivity contribution in [2.24, 2.45) is 0 Å². The molecule has 0 saturated carbocycles. The van der Waals surface area contributed by atoms with Crippen LogP contribution in [0.3, 0.4) is 0 Å². The third kappa shape index (κ3) is 4.62. The number of benzene rings is 2. The summed E-state index contributed by atoms with van der Waals surface area (Å²) in [5, 5.41) is 8.96. The second-order valence-corrected chi connectivity index (χ2v) is 7.42. The van der Waals surface area contributed by atoms with Crippen LogP contribution in [0.25, 0.3) is 5.69 Å². The Bertz CT molecular complexity index is 899. The molecular formula is C17H13BrClN3O2S. The van der Waals surface area contributed by atoms with Crippen LogP contribution in [-0.4, -0.2) is 26.5 Å². The maximum absolute atomic E-state index is 12.1. The predicted molar refractivity (Wildman–Crippen MR) is 102 cm³/mol. The minimum Gasteiger partial charge on any atom is -0.424 e. The van der Waals surface area contributed by atoms with Crippen LogP contribution >= 0.6 is 39.3 Å². The van der Waals surface area contributed by atoms with Crippen molar-refractivity contribution in [1.29, 1.82) is 0 Å². The lowest BCUT2D eigenvalue weighted by Gasteiger charge is -2.08. The van der Waals surface area contributed by atoms with Crippen molar-refractivity contribution >= 4 is 45.3 Å². The molecule has 0 unspecified atom stereocenters. The Morgan fingerprint density at radius 3 is 2.76 bits per heavy atom. The van der Waals surface area contributed by atoms with Gasteiger partial charge in [0.2, 0.25) is 0 Å². The third-order valence-corrected chi connectivity index (χ3v) is 4.97. The average Bonchev–Trinajstić information content (AvgIpc) is 3.05. The fourth-order valence-electron chi connectivity index (χ4n) is 2.04. The van der Waals surface area contributed by atoms with E-state index in [1.54, 1.807) is 24.5 Å². The summed E-state index contributed by atoms with van der Waals surface area (Å²) >= 11 is 10.6. The molecule has 0 fully saturated rings. The number of ether oxygens (including phenoxy) is 1. The molecule has 0 amide bonds. The van der Waals surface area contributed by atoms with Crippen molar-refractivity contribution in [1.82, 2.24) is 14.8 Å². The van der Waals surface area contributed by atoms with Gasteiger partial charge in [0, 0.05) is 10.2 Å². The van der Waals surface area contributed by atoms with Gasteiger partial charge in [-0.25, -0.2) is 0 Å². The molecule has 0 aliphatic heterocycles. The van der Waals surface area contributed by atoms with Gasteiger partial charge in [-0.1, -0.05) is 57.0 Å². The number of aromatic nitrogens is 3. The van der Waals surface area contributed by atoms with Gasteiger partial charge in [-0.05, 0) is 37.3 Å². The molecule has 1 aromatic heterocycles. The van der Waals surface area contributed by atoms with Gasteiger partial charge in [0.25, 0.3) is 0 Å². The summed E-state index contributed by atoms with van der Waals surface area (Å²) in [6, 6.07) is 13.0. The molecular weight excluding hydrogens is 426 g/mol. The lowest BCUT2D eigenvalue weighted by atomic mass is 10.2. The smallest absolute Gasteiger partial charge is 0.321 e.